The molecule has 0 bridgehead atoms. The number of aryl methyl sites for hydroxylation is 1. The first-order valence-corrected chi connectivity index (χ1v) is 7.16. The third-order valence-electron chi connectivity index (χ3n) is 2.99. The van der Waals surface area contributed by atoms with Crippen molar-refractivity contribution < 1.29 is 17.6 Å². The number of anilines is 2. The lowest BCUT2D eigenvalue weighted by molar-refractivity contribution is -0.137. The summed E-state index contributed by atoms with van der Waals surface area (Å²) in [6, 6.07) is 7.10. The quantitative estimate of drug-likeness (QED) is 0.536. The zero-order valence-electron chi connectivity index (χ0n) is 11.8. The first-order valence-electron chi connectivity index (χ1n) is 6.38. The maximum atomic E-state index is 13.7. The van der Waals surface area contributed by atoms with Crippen molar-refractivity contribution in [2.75, 3.05) is 10.6 Å². The first-order chi connectivity index (χ1) is 10.7. The number of rotatable bonds is 2. The molecule has 0 aliphatic rings. The second-order valence-electron chi connectivity index (χ2n) is 4.73. The molecule has 0 atom stereocenters. The van der Waals surface area contributed by atoms with Gasteiger partial charge >= 0.3 is 6.18 Å². The van der Waals surface area contributed by atoms with Crippen LogP contribution in [-0.4, -0.2) is 5.11 Å². The Morgan fingerprint density at radius 2 is 1.70 bits per heavy atom. The van der Waals surface area contributed by atoms with Gasteiger partial charge < -0.3 is 10.6 Å². The van der Waals surface area contributed by atoms with Crippen LogP contribution in [0.2, 0.25) is 5.02 Å². The molecule has 8 heteroatoms. The minimum absolute atomic E-state index is 0.0476. The molecule has 0 saturated carbocycles. The molecule has 0 aliphatic heterocycles. The van der Waals surface area contributed by atoms with Crippen molar-refractivity contribution in [3.8, 4) is 0 Å². The van der Waals surface area contributed by atoms with Crippen molar-refractivity contribution in [1.82, 2.24) is 0 Å². The lowest BCUT2D eigenvalue weighted by atomic mass is 10.2. The van der Waals surface area contributed by atoms with Gasteiger partial charge in [-0.3, -0.25) is 0 Å². The van der Waals surface area contributed by atoms with E-state index in [-0.39, 0.29) is 10.8 Å². The standard InChI is InChI=1S/C15H11ClF4N2S/c1-8-2-4-10(16)7-12(8)21-14(23)22-13-6-9(15(18,19)20)3-5-11(13)17/h2-7H,1H3,(H2,21,22,23). The molecular weight excluding hydrogens is 352 g/mol. The predicted octanol–water partition coefficient (Wildman–Crippen LogP) is 5.62. The Hall–Kier alpha value is -1.86. The van der Waals surface area contributed by atoms with E-state index in [2.05, 4.69) is 10.6 Å². The molecule has 2 nitrogen and oxygen atoms in total. The highest BCUT2D eigenvalue weighted by atomic mass is 35.5. The number of hydrogen-bond donors (Lipinski definition) is 2. The maximum Gasteiger partial charge on any atom is 0.416 e. The highest BCUT2D eigenvalue weighted by Crippen LogP contribution is 2.32. The second-order valence-corrected chi connectivity index (χ2v) is 5.58. The zero-order valence-corrected chi connectivity index (χ0v) is 13.3. The number of benzene rings is 2. The van der Waals surface area contributed by atoms with Gasteiger partial charge in [-0.25, -0.2) is 4.39 Å². The van der Waals surface area contributed by atoms with Gasteiger partial charge in [0.2, 0.25) is 0 Å². The molecular formula is C15H11ClF4N2S. The number of thiocarbonyl (C=S) groups is 1. The minimum atomic E-state index is -4.57. The van der Waals surface area contributed by atoms with Crippen LogP contribution in [0.15, 0.2) is 36.4 Å². The third kappa shape index (κ3) is 4.56. The van der Waals surface area contributed by atoms with Crippen LogP contribution in [0, 0.1) is 12.7 Å². The van der Waals surface area contributed by atoms with Gasteiger partial charge in [0.1, 0.15) is 5.82 Å². The van der Waals surface area contributed by atoms with Gasteiger partial charge in [0, 0.05) is 10.7 Å². The summed E-state index contributed by atoms with van der Waals surface area (Å²) in [7, 11) is 0. The Balaban J connectivity index is 2.18. The Labute approximate surface area is 140 Å². The van der Waals surface area contributed by atoms with Crippen LogP contribution in [0.5, 0.6) is 0 Å². The van der Waals surface area contributed by atoms with Crippen molar-refractivity contribution in [3.63, 3.8) is 0 Å². The summed E-state index contributed by atoms with van der Waals surface area (Å²) in [6.07, 6.45) is -4.57. The molecule has 2 rings (SSSR count). The Kier molecular flexibility index (Phi) is 5.11. The monoisotopic (exact) mass is 362 g/mol. The topological polar surface area (TPSA) is 24.1 Å². The van der Waals surface area contributed by atoms with Crippen molar-refractivity contribution in [3.05, 3.63) is 58.4 Å². The van der Waals surface area contributed by atoms with Crippen molar-refractivity contribution in [1.29, 1.82) is 0 Å². The summed E-state index contributed by atoms with van der Waals surface area (Å²) in [5.41, 5.74) is 0.0607. The van der Waals surface area contributed by atoms with Gasteiger partial charge in [0.15, 0.2) is 5.11 Å². The summed E-state index contributed by atoms with van der Waals surface area (Å²) >= 11 is 10.9. The molecule has 0 aliphatic carbocycles. The fourth-order valence-corrected chi connectivity index (χ4v) is 2.19. The summed E-state index contributed by atoms with van der Waals surface area (Å²) < 4.78 is 51.7. The molecule has 2 N–H and O–H groups in total. The molecule has 0 spiro atoms. The summed E-state index contributed by atoms with van der Waals surface area (Å²) in [4.78, 5) is 0. The SMILES string of the molecule is Cc1ccc(Cl)cc1NC(=S)Nc1cc(C(F)(F)F)ccc1F. The Morgan fingerprint density at radius 1 is 1.04 bits per heavy atom. The van der Waals surface area contributed by atoms with Crippen molar-refractivity contribution in [2.24, 2.45) is 0 Å². The average molecular weight is 363 g/mol. The van der Waals surface area contributed by atoms with E-state index < -0.39 is 17.6 Å². The van der Waals surface area contributed by atoms with E-state index in [1.54, 1.807) is 25.1 Å². The fourth-order valence-electron chi connectivity index (χ4n) is 1.80. The maximum absolute atomic E-state index is 13.7. The molecule has 0 fully saturated rings. The minimum Gasteiger partial charge on any atom is -0.332 e. The Bertz CT molecular complexity index is 747. The van der Waals surface area contributed by atoms with E-state index in [0.29, 0.717) is 22.8 Å². The van der Waals surface area contributed by atoms with Crippen molar-refractivity contribution >= 4 is 40.3 Å². The molecule has 0 aromatic heterocycles. The largest absolute Gasteiger partial charge is 0.416 e. The highest BCUT2D eigenvalue weighted by Gasteiger charge is 2.31. The molecule has 122 valence electrons. The normalized spacial score (nSPS) is 11.2. The molecule has 0 heterocycles. The van der Waals surface area contributed by atoms with E-state index in [0.717, 1.165) is 11.6 Å². The van der Waals surface area contributed by atoms with Gasteiger partial charge in [0.25, 0.3) is 0 Å². The molecule has 23 heavy (non-hydrogen) atoms. The predicted molar refractivity (Wildman–Crippen MR) is 87.4 cm³/mol. The smallest absolute Gasteiger partial charge is 0.332 e. The molecule has 0 amide bonds. The number of halogens is 5. The first kappa shape index (κ1) is 17.5. The lowest BCUT2D eigenvalue weighted by Gasteiger charge is -2.15. The molecule has 0 radical (unpaired) electrons. The summed E-state index contributed by atoms with van der Waals surface area (Å²) in [5, 5.41) is 5.61. The molecule has 0 saturated heterocycles. The third-order valence-corrected chi connectivity index (χ3v) is 3.43. The average Bonchev–Trinajstić information content (AvgIpc) is 2.44. The fraction of sp³-hybridized carbons (Fsp3) is 0.133. The van der Waals surface area contributed by atoms with Crippen LogP contribution < -0.4 is 10.6 Å². The zero-order chi connectivity index (χ0) is 17.2. The van der Waals surface area contributed by atoms with Crippen LogP contribution in [0.25, 0.3) is 0 Å². The van der Waals surface area contributed by atoms with Crippen LogP contribution >= 0.6 is 23.8 Å². The summed E-state index contributed by atoms with van der Waals surface area (Å²) in [6.45, 7) is 1.80. The molecule has 2 aromatic carbocycles. The van der Waals surface area contributed by atoms with Crippen LogP contribution in [0.1, 0.15) is 11.1 Å². The van der Waals surface area contributed by atoms with Crippen molar-refractivity contribution in [2.45, 2.75) is 13.1 Å². The van der Waals surface area contributed by atoms with Crippen LogP contribution in [0.4, 0.5) is 28.9 Å². The highest BCUT2D eigenvalue weighted by molar-refractivity contribution is 7.80. The molecule has 0 unspecified atom stereocenters. The van der Waals surface area contributed by atoms with Gasteiger partial charge in [-0.15, -0.1) is 0 Å². The van der Waals surface area contributed by atoms with Crippen LogP contribution in [-0.2, 0) is 6.18 Å². The van der Waals surface area contributed by atoms with E-state index in [1.807, 2.05) is 0 Å². The van der Waals surface area contributed by atoms with E-state index >= 15 is 0 Å². The van der Waals surface area contributed by atoms with Crippen LogP contribution in [0.3, 0.4) is 0 Å². The second kappa shape index (κ2) is 6.72. The van der Waals surface area contributed by atoms with E-state index in [9.17, 15) is 17.6 Å². The van der Waals surface area contributed by atoms with E-state index in [4.69, 9.17) is 23.8 Å². The lowest BCUT2D eigenvalue weighted by Crippen LogP contribution is -2.21. The number of nitrogens with one attached hydrogen (secondary N) is 2. The van der Waals surface area contributed by atoms with Gasteiger partial charge in [-0.05, 0) is 55.0 Å². The summed E-state index contributed by atoms with van der Waals surface area (Å²) in [5.74, 6) is -0.843. The van der Waals surface area contributed by atoms with Gasteiger partial charge in [0.05, 0.1) is 11.3 Å². The Morgan fingerprint density at radius 3 is 2.35 bits per heavy atom. The number of alkyl halides is 3. The van der Waals surface area contributed by atoms with Gasteiger partial charge in [-0.2, -0.15) is 13.2 Å². The molecule has 2 aromatic rings. The van der Waals surface area contributed by atoms with Gasteiger partial charge in [-0.1, -0.05) is 17.7 Å². The van der Waals surface area contributed by atoms with E-state index in [1.165, 1.54) is 0 Å². The number of hydrogen-bond acceptors (Lipinski definition) is 1.